The third kappa shape index (κ3) is 4.92. The molecule has 3 aromatic rings. The Hall–Kier alpha value is -3.48. The molecule has 0 saturated heterocycles. The van der Waals surface area contributed by atoms with Crippen LogP contribution in [0.5, 0.6) is 0 Å². The summed E-state index contributed by atoms with van der Waals surface area (Å²) in [6.07, 6.45) is -0.730. The molecule has 7 heteroatoms. The highest BCUT2D eigenvalue weighted by Crippen LogP contribution is 2.22. The maximum absolute atomic E-state index is 12.5. The summed E-state index contributed by atoms with van der Waals surface area (Å²) in [6.45, 7) is 7.36. The fraction of sp³-hybridized carbons (Fsp3) is 0.304. The standard InChI is InChI=1S/C23H25N3O4/c1-13-11-14(2)21(15(3)12-13)26-22(28)16(4)30-20(27)10-9-19-24-18-8-6-5-7-17(18)23(29)25-19/h5-8,11-12,16H,9-10H2,1-4H3,(H,26,28)(H,24,25,29)/t16-/m0/s1. The van der Waals surface area contributed by atoms with Gasteiger partial charge in [0, 0.05) is 12.1 Å². The summed E-state index contributed by atoms with van der Waals surface area (Å²) >= 11 is 0. The molecule has 0 saturated carbocycles. The Morgan fingerprint density at radius 2 is 1.80 bits per heavy atom. The number of aryl methyl sites for hydroxylation is 4. The summed E-state index contributed by atoms with van der Waals surface area (Å²) in [6, 6.07) is 11.0. The molecular formula is C23H25N3O4. The molecule has 3 rings (SSSR count). The molecule has 156 valence electrons. The van der Waals surface area contributed by atoms with Gasteiger partial charge >= 0.3 is 5.97 Å². The number of carbonyl (C=O) groups is 2. The first-order valence-corrected chi connectivity index (χ1v) is 9.80. The van der Waals surface area contributed by atoms with Crippen molar-refractivity contribution >= 4 is 28.5 Å². The number of aromatic amines is 1. The first kappa shape index (κ1) is 21.2. The van der Waals surface area contributed by atoms with Crippen LogP contribution < -0.4 is 10.9 Å². The van der Waals surface area contributed by atoms with Gasteiger partial charge in [-0.25, -0.2) is 4.98 Å². The van der Waals surface area contributed by atoms with Crippen molar-refractivity contribution in [2.45, 2.75) is 46.6 Å². The van der Waals surface area contributed by atoms with Gasteiger partial charge in [0.25, 0.3) is 11.5 Å². The lowest BCUT2D eigenvalue weighted by Crippen LogP contribution is -2.30. The highest BCUT2D eigenvalue weighted by molar-refractivity contribution is 5.96. The van der Waals surface area contributed by atoms with E-state index in [-0.39, 0.29) is 18.4 Å². The number of hydrogen-bond acceptors (Lipinski definition) is 5. The lowest BCUT2D eigenvalue weighted by molar-refractivity contribution is -0.153. The molecule has 7 nitrogen and oxygen atoms in total. The van der Waals surface area contributed by atoms with Crippen LogP contribution in [0.2, 0.25) is 0 Å². The minimum absolute atomic E-state index is 0.00148. The Morgan fingerprint density at radius 3 is 2.50 bits per heavy atom. The number of carbonyl (C=O) groups excluding carboxylic acids is 2. The van der Waals surface area contributed by atoms with Gasteiger partial charge in [-0.2, -0.15) is 0 Å². The molecule has 2 aromatic carbocycles. The number of hydrogen-bond donors (Lipinski definition) is 2. The van der Waals surface area contributed by atoms with Crippen molar-refractivity contribution in [1.29, 1.82) is 0 Å². The van der Waals surface area contributed by atoms with Gasteiger partial charge in [-0.05, 0) is 51.0 Å². The Bertz CT molecular complexity index is 1140. The number of nitrogens with zero attached hydrogens (tertiary/aromatic N) is 1. The van der Waals surface area contributed by atoms with E-state index in [4.69, 9.17) is 4.74 Å². The summed E-state index contributed by atoms with van der Waals surface area (Å²) in [5, 5.41) is 3.33. The van der Waals surface area contributed by atoms with Crippen molar-refractivity contribution in [2.75, 3.05) is 5.32 Å². The molecule has 1 amide bonds. The number of aromatic nitrogens is 2. The number of esters is 1. The number of fused-ring (bicyclic) bond motifs is 1. The summed E-state index contributed by atoms with van der Waals surface area (Å²) < 4.78 is 5.26. The Morgan fingerprint density at radius 1 is 1.13 bits per heavy atom. The average molecular weight is 407 g/mol. The molecule has 0 unspecified atom stereocenters. The van der Waals surface area contributed by atoms with Crippen molar-refractivity contribution in [3.63, 3.8) is 0 Å². The minimum atomic E-state index is -0.943. The fourth-order valence-corrected chi connectivity index (χ4v) is 3.39. The number of amides is 1. The van der Waals surface area contributed by atoms with Crippen LogP contribution in [0.25, 0.3) is 10.9 Å². The van der Waals surface area contributed by atoms with E-state index in [1.54, 1.807) is 24.3 Å². The zero-order valence-corrected chi connectivity index (χ0v) is 17.5. The zero-order valence-electron chi connectivity index (χ0n) is 17.5. The van der Waals surface area contributed by atoms with Crippen molar-refractivity contribution in [3.05, 3.63) is 69.3 Å². The van der Waals surface area contributed by atoms with Gasteiger partial charge in [-0.1, -0.05) is 29.8 Å². The molecule has 30 heavy (non-hydrogen) atoms. The maximum Gasteiger partial charge on any atom is 0.307 e. The first-order valence-electron chi connectivity index (χ1n) is 9.80. The van der Waals surface area contributed by atoms with Gasteiger partial charge in [0.15, 0.2) is 6.10 Å². The molecule has 0 aliphatic heterocycles. The Labute approximate surface area is 174 Å². The molecule has 0 aliphatic rings. The van der Waals surface area contributed by atoms with Crippen LogP contribution in [0.15, 0.2) is 41.2 Å². The maximum atomic E-state index is 12.5. The molecule has 1 atom stereocenters. The van der Waals surface area contributed by atoms with Gasteiger partial charge in [-0.3, -0.25) is 14.4 Å². The van der Waals surface area contributed by atoms with Gasteiger partial charge in [0.05, 0.1) is 17.3 Å². The van der Waals surface area contributed by atoms with Crippen LogP contribution in [-0.2, 0) is 20.7 Å². The third-order valence-electron chi connectivity index (χ3n) is 4.83. The van der Waals surface area contributed by atoms with Gasteiger partial charge < -0.3 is 15.0 Å². The van der Waals surface area contributed by atoms with E-state index in [1.807, 2.05) is 32.9 Å². The smallest absolute Gasteiger partial charge is 0.307 e. The number of benzene rings is 2. The second kappa shape index (κ2) is 8.90. The molecule has 2 N–H and O–H groups in total. The van der Waals surface area contributed by atoms with Gasteiger partial charge in [0.2, 0.25) is 0 Å². The minimum Gasteiger partial charge on any atom is -0.453 e. The molecule has 0 radical (unpaired) electrons. The van der Waals surface area contributed by atoms with E-state index < -0.39 is 18.0 Å². The van der Waals surface area contributed by atoms with E-state index in [0.29, 0.717) is 16.7 Å². The quantitative estimate of drug-likeness (QED) is 0.610. The van der Waals surface area contributed by atoms with Crippen LogP contribution in [0.4, 0.5) is 5.69 Å². The fourth-order valence-electron chi connectivity index (χ4n) is 3.39. The number of ether oxygens (including phenoxy) is 1. The van der Waals surface area contributed by atoms with Crippen molar-refractivity contribution in [3.8, 4) is 0 Å². The van der Waals surface area contributed by atoms with E-state index in [0.717, 1.165) is 22.4 Å². The third-order valence-corrected chi connectivity index (χ3v) is 4.83. The molecular weight excluding hydrogens is 382 g/mol. The zero-order chi connectivity index (χ0) is 21.8. The van der Waals surface area contributed by atoms with Crippen LogP contribution in [0.3, 0.4) is 0 Å². The Kier molecular flexibility index (Phi) is 6.30. The second-order valence-corrected chi connectivity index (χ2v) is 7.42. The topological polar surface area (TPSA) is 101 Å². The summed E-state index contributed by atoms with van der Waals surface area (Å²) in [5.41, 5.74) is 4.06. The van der Waals surface area contributed by atoms with E-state index in [9.17, 15) is 14.4 Å². The Balaban J connectivity index is 1.58. The monoisotopic (exact) mass is 407 g/mol. The molecule has 0 spiro atoms. The largest absolute Gasteiger partial charge is 0.453 e. The van der Waals surface area contributed by atoms with Gasteiger partial charge in [0.1, 0.15) is 5.82 Å². The van der Waals surface area contributed by atoms with Gasteiger partial charge in [-0.15, -0.1) is 0 Å². The molecule has 0 fully saturated rings. The number of rotatable bonds is 6. The van der Waals surface area contributed by atoms with Crippen LogP contribution >= 0.6 is 0 Å². The first-order chi connectivity index (χ1) is 14.2. The SMILES string of the molecule is Cc1cc(C)c(NC(=O)[C@H](C)OC(=O)CCc2nc3ccccc3c(=O)[nH]2)c(C)c1. The molecule has 0 bridgehead atoms. The summed E-state index contributed by atoms with van der Waals surface area (Å²) in [7, 11) is 0. The lowest BCUT2D eigenvalue weighted by atomic mass is 10.0. The van der Waals surface area contributed by atoms with Crippen molar-refractivity contribution in [1.82, 2.24) is 9.97 Å². The average Bonchev–Trinajstić information content (AvgIpc) is 2.69. The van der Waals surface area contributed by atoms with E-state index in [1.165, 1.54) is 6.92 Å². The number of H-pyrrole nitrogens is 1. The number of para-hydroxylation sites is 1. The number of anilines is 1. The highest BCUT2D eigenvalue weighted by atomic mass is 16.5. The van der Waals surface area contributed by atoms with E-state index >= 15 is 0 Å². The lowest BCUT2D eigenvalue weighted by Gasteiger charge is -2.17. The summed E-state index contributed by atoms with van der Waals surface area (Å²) in [5.74, 6) is -0.528. The predicted octanol–water partition coefficient (Wildman–Crippen LogP) is 3.35. The van der Waals surface area contributed by atoms with E-state index in [2.05, 4.69) is 15.3 Å². The molecule has 1 aromatic heterocycles. The number of nitrogens with one attached hydrogen (secondary N) is 2. The molecule has 1 heterocycles. The predicted molar refractivity (Wildman–Crippen MR) is 116 cm³/mol. The second-order valence-electron chi connectivity index (χ2n) is 7.42. The van der Waals surface area contributed by atoms with Crippen molar-refractivity contribution in [2.24, 2.45) is 0 Å². The summed E-state index contributed by atoms with van der Waals surface area (Å²) in [4.78, 5) is 43.8. The highest BCUT2D eigenvalue weighted by Gasteiger charge is 2.19. The normalized spacial score (nSPS) is 11.9. The van der Waals surface area contributed by atoms with Crippen molar-refractivity contribution < 1.29 is 14.3 Å². The van der Waals surface area contributed by atoms with Crippen LogP contribution in [0.1, 0.15) is 35.9 Å². The van der Waals surface area contributed by atoms with Crippen LogP contribution in [-0.4, -0.2) is 27.9 Å². The van der Waals surface area contributed by atoms with Crippen LogP contribution in [0, 0.1) is 20.8 Å². The molecule has 0 aliphatic carbocycles.